The van der Waals surface area contributed by atoms with Crippen LogP contribution in [-0.2, 0) is 6.42 Å². The molecule has 1 aromatic carbocycles. The van der Waals surface area contributed by atoms with Gasteiger partial charge in [0.1, 0.15) is 0 Å². The Hall–Kier alpha value is -2.41. The molecule has 0 saturated heterocycles. The Morgan fingerprint density at radius 1 is 1.37 bits per heavy atom. The molecule has 0 fully saturated rings. The predicted molar refractivity (Wildman–Crippen MR) is 69.2 cm³/mol. The smallest absolute Gasteiger partial charge is 0.165 e. The van der Waals surface area contributed by atoms with Crippen LogP contribution in [0, 0.1) is 17.1 Å². The van der Waals surface area contributed by atoms with Crippen LogP contribution < -0.4 is 4.74 Å². The van der Waals surface area contributed by atoms with Crippen LogP contribution in [0.3, 0.4) is 0 Å². The van der Waals surface area contributed by atoms with E-state index in [0.29, 0.717) is 12.0 Å². The predicted octanol–water partition coefficient (Wildman–Crippen LogP) is 3.08. The molecule has 96 valence electrons. The average molecular weight is 256 g/mol. The first-order valence-electron chi connectivity index (χ1n) is 5.87. The topological polar surface area (TPSA) is 45.9 Å². The number of pyridine rings is 1. The molecule has 1 atom stereocenters. The van der Waals surface area contributed by atoms with Gasteiger partial charge in [0, 0.05) is 18.3 Å². The van der Waals surface area contributed by atoms with Crippen LogP contribution in [-0.4, -0.2) is 12.1 Å². The minimum Gasteiger partial charge on any atom is -0.494 e. The lowest BCUT2D eigenvalue weighted by atomic mass is 9.95. The van der Waals surface area contributed by atoms with E-state index in [1.54, 1.807) is 12.3 Å². The number of nitriles is 1. The summed E-state index contributed by atoms with van der Waals surface area (Å²) < 4.78 is 18.5. The van der Waals surface area contributed by atoms with Gasteiger partial charge in [-0.3, -0.25) is 4.98 Å². The summed E-state index contributed by atoms with van der Waals surface area (Å²) in [5.41, 5.74) is 1.44. The number of ether oxygens (including phenoxy) is 1. The summed E-state index contributed by atoms with van der Waals surface area (Å²) in [7, 11) is 1.41. The molecule has 0 aliphatic heterocycles. The van der Waals surface area contributed by atoms with Gasteiger partial charge in [0.15, 0.2) is 11.6 Å². The van der Waals surface area contributed by atoms with Crippen LogP contribution in [0.4, 0.5) is 4.39 Å². The van der Waals surface area contributed by atoms with Gasteiger partial charge in [0.25, 0.3) is 0 Å². The molecule has 2 rings (SSSR count). The summed E-state index contributed by atoms with van der Waals surface area (Å²) in [6.07, 6.45) is 2.14. The summed E-state index contributed by atoms with van der Waals surface area (Å²) in [5.74, 6) is -0.699. The third-order valence-electron chi connectivity index (χ3n) is 2.87. The van der Waals surface area contributed by atoms with Crippen molar-refractivity contribution < 1.29 is 9.13 Å². The van der Waals surface area contributed by atoms with E-state index in [9.17, 15) is 9.65 Å². The molecule has 3 nitrogen and oxygen atoms in total. The van der Waals surface area contributed by atoms with Crippen LogP contribution >= 0.6 is 0 Å². The first kappa shape index (κ1) is 13.0. The van der Waals surface area contributed by atoms with Crippen molar-refractivity contribution in [3.8, 4) is 11.8 Å². The van der Waals surface area contributed by atoms with Gasteiger partial charge in [-0.2, -0.15) is 5.26 Å². The molecule has 0 saturated carbocycles. The standard InChI is InChI=1S/C15H13FN2O/c1-19-15-6-5-11(9-14(15)16)12(10-17)8-13-4-2-3-7-18-13/h2-7,9,12H,8H2,1H3. The number of hydrogen-bond donors (Lipinski definition) is 0. The van der Waals surface area contributed by atoms with Gasteiger partial charge in [-0.25, -0.2) is 4.39 Å². The first-order valence-corrected chi connectivity index (χ1v) is 5.87. The second-order valence-electron chi connectivity index (χ2n) is 4.10. The highest BCUT2D eigenvalue weighted by Crippen LogP contribution is 2.24. The minimum atomic E-state index is -0.457. The van der Waals surface area contributed by atoms with E-state index in [4.69, 9.17) is 4.74 Å². The number of halogens is 1. The Bertz CT molecular complexity index is 593. The largest absolute Gasteiger partial charge is 0.494 e. The van der Waals surface area contributed by atoms with E-state index >= 15 is 0 Å². The lowest BCUT2D eigenvalue weighted by molar-refractivity contribution is 0.386. The third-order valence-corrected chi connectivity index (χ3v) is 2.87. The van der Waals surface area contributed by atoms with Crippen molar-refractivity contribution in [2.24, 2.45) is 0 Å². The molecule has 2 aromatic rings. The summed E-state index contributed by atoms with van der Waals surface area (Å²) in [4.78, 5) is 4.18. The van der Waals surface area contributed by atoms with Crippen LogP contribution in [0.1, 0.15) is 17.2 Å². The minimum absolute atomic E-state index is 0.179. The highest BCUT2D eigenvalue weighted by molar-refractivity contribution is 5.34. The maximum atomic E-state index is 13.6. The van der Waals surface area contributed by atoms with Crippen LogP contribution in [0.25, 0.3) is 0 Å². The molecular formula is C15H13FN2O. The molecule has 0 radical (unpaired) electrons. The quantitative estimate of drug-likeness (QED) is 0.844. The Balaban J connectivity index is 2.23. The van der Waals surface area contributed by atoms with Crippen LogP contribution in [0.5, 0.6) is 5.75 Å². The SMILES string of the molecule is COc1ccc(C(C#N)Cc2ccccn2)cc1F. The third kappa shape index (κ3) is 3.08. The number of benzene rings is 1. The van der Waals surface area contributed by atoms with Crippen LogP contribution in [0.15, 0.2) is 42.6 Å². The normalized spacial score (nSPS) is 11.6. The van der Waals surface area contributed by atoms with Gasteiger partial charge in [-0.1, -0.05) is 12.1 Å². The zero-order valence-corrected chi connectivity index (χ0v) is 10.5. The lowest BCUT2D eigenvalue weighted by Crippen LogP contribution is -2.03. The molecule has 0 spiro atoms. The van der Waals surface area contributed by atoms with Crippen molar-refractivity contribution in [3.05, 3.63) is 59.7 Å². The van der Waals surface area contributed by atoms with Crippen molar-refractivity contribution in [2.75, 3.05) is 7.11 Å². The number of nitrogens with zero attached hydrogens (tertiary/aromatic N) is 2. The van der Waals surface area contributed by atoms with Crippen molar-refractivity contribution in [1.29, 1.82) is 5.26 Å². The maximum Gasteiger partial charge on any atom is 0.165 e. The summed E-state index contributed by atoms with van der Waals surface area (Å²) in [5, 5.41) is 9.23. The molecule has 0 aliphatic rings. The Labute approximate surface area is 111 Å². The lowest BCUT2D eigenvalue weighted by Gasteiger charge is -2.10. The zero-order chi connectivity index (χ0) is 13.7. The number of methoxy groups -OCH3 is 1. The molecule has 0 amide bonds. The fourth-order valence-electron chi connectivity index (χ4n) is 1.87. The molecule has 4 heteroatoms. The Morgan fingerprint density at radius 3 is 2.79 bits per heavy atom. The first-order chi connectivity index (χ1) is 9.24. The molecular weight excluding hydrogens is 243 g/mol. The van der Waals surface area contributed by atoms with Crippen molar-refractivity contribution in [3.63, 3.8) is 0 Å². The van der Waals surface area contributed by atoms with E-state index in [1.807, 2.05) is 18.2 Å². The molecule has 1 heterocycles. The second-order valence-corrected chi connectivity index (χ2v) is 4.10. The summed E-state index contributed by atoms with van der Waals surface area (Å²) in [6.45, 7) is 0. The fourth-order valence-corrected chi connectivity index (χ4v) is 1.87. The number of aromatic nitrogens is 1. The van der Waals surface area contributed by atoms with E-state index in [2.05, 4.69) is 11.1 Å². The van der Waals surface area contributed by atoms with Crippen molar-refractivity contribution in [2.45, 2.75) is 12.3 Å². The molecule has 0 N–H and O–H groups in total. The van der Waals surface area contributed by atoms with Crippen LogP contribution in [0.2, 0.25) is 0 Å². The van der Waals surface area contributed by atoms with Gasteiger partial charge in [0.05, 0.1) is 19.1 Å². The summed E-state index contributed by atoms with van der Waals surface area (Å²) >= 11 is 0. The Morgan fingerprint density at radius 2 is 2.21 bits per heavy atom. The maximum absolute atomic E-state index is 13.6. The summed E-state index contributed by atoms with van der Waals surface area (Å²) in [6, 6.07) is 12.3. The van der Waals surface area contributed by atoms with Gasteiger partial charge >= 0.3 is 0 Å². The van der Waals surface area contributed by atoms with Gasteiger partial charge in [-0.05, 0) is 29.8 Å². The zero-order valence-electron chi connectivity index (χ0n) is 10.5. The van der Waals surface area contributed by atoms with Crippen molar-refractivity contribution in [1.82, 2.24) is 4.98 Å². The molecule has 0 bridgehead atoms. The van der Waals surface area contributed by atoms with E-state index in [1.165, 1.54) is 19.2 Å². The van der Waals surface area contributed by atoms with Crippen molar-refractivity contribution >= 4 is 0 Å². The highest BCUT2D eigenvalue weighted by Gasteiger charge is 2.14. The van der Waals surface area contributed by atoms with E-state index < -0.39 is 11.7 Å². The van der Waals surface area contributed by atoms with Gasteiger partial charge in [0.2, 0.25) is 0 Å². The number of rotatable bonds is 4. The molecule has 19 heavy (non-hydrogen) atoms. The Kier molecular flexibility index (Phi) is 4.09. The highest BCUT2D eigenvalue weighted by atomic mass is 19.1. The van der Waals surface area contributed by atoms with Gasteiger partial charge in [-0.15, -0.1) is 0 Å². The molecule has 0 aliphatic carbocycles. The molecule has 1 unspecified atom stereocenters. The van der Waals surface area contributed by atoms with Gasteiger partial charge < -0.3 is 4.74 Å². The molecule has 1 aromatic heterocycles. The van der Waals surface area contributed by atoms with E-state index in [0.717, 1.165) is 5.69 Å². The second kappa shape index (κ2) is 5.96. The van der Waals surface area contributed by atoms with E-state index in [-0.39, 0.29) is 5.75 Å². The monoisotopic (exact) mass is 256 g/mol. The fraction of sp³-hybridized carbons (Fsp3) is 0.200. The average Bonchev–Trinajstić information content (AvgIpc) is 2.46. The number of hydrogen-bond acceptors (Lipinski definition) is 3.